The molecule has 5 nitrogen and oxygen atoms in total. The zero-order valence-electron chi connectivity index (χ0n) is 13.7. The van der Waals surface area contributed by atoms with Gasteiger partial charge < -0.3 is 10.1 Å². The third-order valence-electron chi connectivity index (χ3n) is 4.28. The predicted octanol–water partition coefficient (Wildman–Crippen LogP) is 3.92. The van der Waals surface area contributed by atoms with Crippen molar-refractivity contribution in [2.75, 3.05) is 11.9 Å². The molecule has 1 N–H and O–H groups in total. The number of ether oxygens (including phenoxy) is 1. The first-order valence-corrected chi connectivity index (χ1v) is 8.01. The highest BCUT2D eigenvalue weighted by atomic mass is 16.5. The van der Waals surface area contributed by atoms with E-state index in [1.165, 1.54) is 0 Å². The largest absolute Gasteiger partial charge is 0.439 e. The molecule has 0 saturated heterocycles. The van der Waals surface area contributed by atoms with E-state index >= 15 is 0 Å². The third-order valence-corrected chi connectivity index (χ3v) is 4.28. The van der Waals surface area contributed by atoms with Gasteiger partial charge in [-0.3, -0.25) is 0 Å². The van der Waals surface area contributed by atoms with Crippen molar-refractivity contribution in [1.82, 2.24) is 15.2 Å². The molecule has 0 aliphatic carbocycles. The van der Waals surface area contributed by atoms with Crippen molar-refractivity contribution in [3.05, 3.63) is 59.5 Å². The lowest BCUT2D eigenvalue weighted by Crippen LogP contribution is -1.95. The van der Waals surface area contributed by atoms with Crippen LogP contribution in [0, 0.1) is 13.8 Å². The van der Waals surface area contributed by atoms with Crippen LogP contribution in [0.3, 0.4) is 0 Å². The Morgan fingerprint density at radius 2 is 1.92 bits per heavy atom. The van der Waals surface area contributed by atoms with Crippen LogP contribution < -0.4 is 10.1 Å². The molecule has 0 radical (unpaired) electrons. The van der Waals surface area contributed by atoms with Crippen molar-refractivity contribution in [2.24, 2.45) is 0 Å². The van der Waals surface area contributed by atoms with Crippen molar-refractivity contribution >= 4 is 5.69 Å². The maximum Gasteiger partial charge on any atom is 0.224 e. The molecule has 0 unspecified atom stereocenters. The van der Waals surface area contributed by atoms with E-state index in [4.69, 9.17) is 4.74 Å². The molecule has 5 heteroatoms. The molecule has 0 fully saturated rings. The summed E-state index contributed by atoms with van der Waals surface area (Å²) in [6.07, 6.45) is 4.50. The molecule has 120 valence electrons. The Kier molecular flexibility index (Phi) is 3.61. The van der Waals surface area contributed by atoms with E-state index < -0.39 is 0 Å². The molecule has 0 atom stereocenters. The Labute approximate surface area is 140 Å². The Morgan fingerprint density at radius 3 is 2.71 bits per heavy atom. The van der Waals surface area contributed by atoms with Crippen molar-refractivity contribution in [3.63, 3.8) is 0 Å². The zero-order valence-corrected chi connectivity index (χ0v) is 13.7. The lowest BCUT2D eigenvalue weighted by molar-refractivity contribution is 0.458. The van der Waals surface area contributed by atoms with Crippen LogP contribution in [0.1, 0.15) is 16.8 Å². The molecule has 2 aromatic heterocycles. The molecule has 1 aromatic carbocycles. The van der Waals surface area contributed by atoms with Crippen LogP contribution >= 0.6 is 0 Å². The Balaban J connectivity index is 1.62. The average molecular weight is 318 g/mol. The van der Waals surface area contributed by atoms with Gasteiger partial charge in [-0.1, -0.05) is 12.1 Å². The number of anilines is 1. The van der Waals surface area contributed by atoms with Crippen molar-refractivity contribution in [2.45, 2.75) is 20.3 Å². The van der Waals surface area contributed by atoms with E-state index in [1.54, 1.807) is 12.4 Å². The van der Waals surface area contributed by atoms with Gasteiger partial charge in [-0.05, 0) is 49.6 Å². The van der Waals surface area contributed by atoms with Crippen LogP contribution in [0.25, 0.3) is 11.1 Å². The summed E-state index contributed by atoms with van der Waals surface area (Å²) >= 11 is 0. The predicted molar refractivity (Wildman–Crippen MR) is 93.4 cm³/mol. The molecule has 1 aliphatic rings. The summed E-state index contributed by atoms with van der Waals surface area (Å²) in [7, 11) is 0. The third kappa shape index (κ3) is 2.58. The van der Waals surface area contributed by atoms with E-state index in [9.17, 15) is 0 Å². The number of aromatic nitrogens is 3. The molecule has 0 spiro atoms. The van der Waals surface area contributed by atoms with Gasteiger partial charge in [0.25, 0.3) is 0 Å². The molecule has 1 aliphatic heterocycles. The number of pyridine rings is 1. The van der Waals surface area contributed by atoms with Gasteiger partial charge in [0.05, 0.1) is 11.9 Å². The van der Waals surface area contributed by atoms with Crippen LogP contribution in [0.4, 0.5) is 5.69 Å². The molecule has 3 aromatic rings. The number of rotatable bonds is 3. The first-order valence-electron chi connectivity index (χ1n) is 8.01. The highest BCUT2D eigenvalue weighted by Gasteiger charge is 2.16. The van der Waals surface area contributed by atoms with E-state index in [2.05, 4.69) is 20.5 Å². The molecule has 0 saturated carbocycles. The number of aryl methyl sites for hydroxylation is 2. The second kappa shape index (κ2) is 5.92. The van der Waals surface area contributed by atoms with Gasteiger partial charge in [0.1, 0.15) is 5.75 Å². The first-order chi connectivity index (χ1) is 11.7. The number of hydrogen-bond donors (Lipinski definition) is 1. The minimum Gasteiger partial charge on any atom is -0.439 e. The Hall–Kier alpha value is -2.95. The normalized spacial score (nSPS) is 12.6. The first kappa shape index (κ1) is 14.6. The highest BCUT2D eigenvalue weighted by molar-refractivity contribution is 5.69. The van der Waals surface area contributed by atoms with Gasteiger partial charge in [-0.25, -0.2) is 4.98 Å². The number of fused-ring (bicyclic) bond motifs is 1. The van der Waals surface area contributed by atoms with Crippen molar-refractivity contribution in [3.8, 4) is 22.8 Å². The van der Waals surface area contributed by atoms with Gasteiger partial charge in [-0.2, -0.15) is 10.2 Å². The smallest absolute Gasteiger partial charge is 0.224 e. The van der Waals surface area contributed by atoms with E-state index in [-0.39, 0.29) is 0 Å². The fourth-order valence-electron chi connectivity index (χ4n) is 3.13. The van der Waals surface area contributed by atoms with Crippen LogP contribution in [0.15, 0.2) is 42.7 Å². The maximum atomic E-state index is 5.99. The molecule has 0 amide bonds. The SMILES string of the molecule is Cc1cnnc(C)c1-c1ccc(Oc2nccc3c2CCN3)cc1. The van der Waals surface area contributed by atoms with Crippen LogP contribution in [-0.4, -0.2) is 21.7 Å². The topological polar surface area (TPSA) is 59.9 Å². The quantitative estimate of drug-likeness (QED) is 0.793. The second-order valence-electron chi connectivity index (χ2n) is 5.93. The number of benzene rings is 1. The zero-order chi connectivity index (χ0) is 16.5. The van der Waals surface area contributed by atoms with Crippen molar-refractivity contribution in [1.29, 1.82) is 0 Å². The fraction of sp³-hybridized carbons (Fsp3) is 0.211. The highest BCUT2D eigenvalue weighted by Crippen LogP contribution is 2.33. The van der Waals surface area contributed by atoms with Gasteiger partial charge in [0.15, 0.2) is 0 Å². The summed E-state index contributed by atoms with van der Waals surface area (Å²) in [5, 5.41) is 11.5. The summed E-state index contributed by atoms with van der Waals surface area (Å²) in [5.41, 5.74) is 6.54. The summed E-state index contributed by atoms with van der Waals surface area (Å²) in [4.78, 5) is 4.37. The summed E-state index contributed by atoms with van der Waals surface area (Å²) in [5.74, 6) is 1.46. The lowest BCUT2D eigenvalue weighted by Gasteiger charge is -2.11. The van der Waals surface area contributed by atoms with Gasteiger partial charge in [-0.15, -0.1) is 0 Å². The summed E-state index contributed by atoms with van der Waals surface area (Å²) in [6.45, 7) is 4.96. The van der Waals surface area contributed by atoms with E-state index in [1.807, 2.05) is 44.2 Å². The lowest BCUT2D eigenvalue weighted by atomic mass is 10.0. The van der Waals surface area contributed by atoms with Crippen LogP contribution in [0.2, 0.25) is 0 Å². The molecular weight excluding hydrogens is 300 g/mol. The summed E-state index contributed by atoms with van der Waals surface area (Å²) < 4.78 is 5.99. The van der Waals surface area contributed by atoms with E-state index in [0.29, 0.717) is 5.88 Å². The number of hydrogen-bond acceptors (Lipinski definition) is 5. The van der Waals surface area contributed by atoms with Gasteiger partial charge in [0, 0.05) is 29.6 Å². The second-order valence-corrected chi connectivity index (χ2v) is 5.93. The number of nitrogens with zero attached hydrogens (tertiary/aromatic N) is 3. The minimum atomic E-state index is 0.684. The molecule has 3 heterocycles. The molecule has 4 rings (SSSR count). The number of nitrogens with one attached hydrogen (secondary N) is 1. The Bertz CT molecular complexity index is 870. The van der Waals surface area contributed by atoms with Crippen LogP contribution in [0.5, 0.6) is 11.6 Å². The molecule has 0 bridgehead atoms. The van der Waals surface area contributed by atoms with Gasteiger partial charge in [0.2, 0.25) is 5.88 Å². The standard InChI is InChI=1S/C19H18N4O/c1-12-11-22-23-13(2)18(12)14-3-5-15(6-4-14)24-19-16-7-9-20-17(16)8-10-21-19/h3-6,8,10-11,20H,7,9H2,1-2H3. The van der Waals surface area contributed by atoms with E-state index in [0.717, 1.165) is 52.4 Å². The monoisotopic (exact) mass is 318 g/mol. The van der Waals surface area contributed by atoms with Gasteiger partial charge >= 0.3 is 0 Å². The maximum absolute atomic E-state index is 5.99. The van der Waals surface area contributed by atoms with Crippen molar-refractivity contribution < 1.29 is 4.74 Å². The van der Waals surface area contributed by atoms with Crippen LogP contribution in [-0.2, 0) is 6.42 Å². The Morgan fingerprint density at radius 1 is 1.08 bits per heavy atom. The fourth-order valence-corrected chi connectivity index (χ4v) is 3.13. The minimum absolute atomic E-state index is 0.684. The summed E-state index contributed by atoms with van der Waals surface area (Å²) in [6, 6.07) is 10.0. The average Bonchev–Trinajstić information content (AvgIpc) is 3.06. The molecular formula is C19H18N4O. The molecule has 24 heavy (non-hydrogen) atoms.